The number of imidazole rings is 1. The standard InChI is InChI=1S/C13H15FN4/c14-13-10(2-1-3-11(13)15)8-17-6-7-18-5-4-16-12(18)9-17/h1-5H,6-9,15H2. The van der Waals surface area contributed by atoms with Crippen LogP contribution < -0.4 is 5.73 Å². The van der Waals surface area contributed by atoms with Crippen molar-refractivity contribution in [3.63, 3.8) is 0 Å². The van der Waals surface area contributed by atoms with Crippen LogP contribution in [0.5, 0.6) is 0 Å². The van der Waals surface area contributed by atoms with Crippen molar-refractivity contribution in [2.45, 2.75) is 19.6 Å². The molecule has 1 aliphatic rings. The number of benzene rings is 1. The van der Waals surface area contributed by atoms with Crippen LogP contribution in [-0.4, -0.2) is 21.0 Å². The highest BCUT2D eigenvalue weighted by atomic mass is 19.1. The Hall–Kier alpha value is -1.88. The molecule has 0 fully saturated rings. The summed E-state index contributed by atoms with van der Waals surface area (Å²) in [5, 5.41) is 0. The van der Waals surface area contributed by atoms with Crippen LogP contribution in [0.4, 0.5) is 10.1 Å². The van der Waals surface area contributed by atoms with Crippen molar-refractivity contribution >= 4 is 5.69 Å². The van der Waals surface area contributed by atoms with Crippen molar-refractivity contribution in [2.75, 3.05) is 12.3 Å². The molecule has 0 amide bonds. The number of rotatable bonds is 2. The van der Waals surface area contributed by atoms with Gasteiger partial charge in [-0.05, 0) is 6.07 Å². The van der Waals surface area contributed by atoms with Crippen molar-refractivity contribution in [3.05, 3.63) is 47.8 Å². The number of hydrogen-bond acceptors (Lipinski definition) is 3. The van der Waals surface area contributed by atoms with Crippen LogP contribution in [0.3, 0.4) is 0 Å². The van der Waals surface area contributed by atoms with Crippen LogP contribution in [0.15, 0.2) is 30.6 Å². The molecule has 0 spiro atoms. The lowest BCUT2D eigenvalue weighted by molar-refractivity contribution is 0.206. The Morgan fingerprint density at radius 2 is 2.22 bits per heavy atom. The molecule has 1 aliphatic heterocycles. The Kier molecular flexibility index (Phi) is 2.76. The number of hydrogen-bond donors (Lipinski definition) is 1. The fraction of sp³-hybridized carbons (Fsp3) is 0.308. The summed E-state index contributed by atoms with van der Waals surface area (Å²) in [5.41, 5.74) is 6.44. The van der Waals surface area contributed by atoms with Gasteiger partial charge in [-0.3, -0.25) is 4.90 Å². The van der Waals surface area contributed by atoms with Gasteiger partial charge in [0.1, 0.15) is 5.82 Å². The predicted molar refractivity (Wildman–Crippen MR) is 67.2 cm³/mol. The number of anilines is 1. The molecule has 2 N–H and O–H groups in total. The highest BCUT2D eigenvalue weighted by molar-refractivity contribution is 5.42. The Morgan fingerprint density at radius 3 is 3.11 bits per heavy atom. The largest absolute Gasteiger partial charge is 0.396 e. The first-order valence-corrected chi connectivity index (χ1v) is 5.99. The summed E-state index contributed by atoms with van der Waals surface area (Å²) >= 11 is 0. The van der Waals surface area contributed by atoms with Crippen molar-refractivity contribution in [1.82, 2.24) is 14.5 Å². The molecule has 3 rings (SSSR count). The minimum absolute atomic E-state index is 0.214. The van der Waals surface area contributed by atoms with Gasteiger partial charge in [0, 0.05) is 37.6 Å². The fourth-order valence-electron chi connectivity index (χ4n) is 2.32. The topological polar surface area (TPSA) is 47.1 Å². The van der Waals surface area contributed by atoms with E-state index in [0.717, 1.165) is 25.5 Å². The Bertz CT molecular complexity index is 564. The molecule has 0 aliphatic carbocycles. The molecule has 1 aromatic carbocycles. The lowest BCUT2D eigenvalue weighted by atomic mass is 10.1. The molecule has 94 valence electrons. The SMILES string of the molecule is Nc1cccc(CN2CCn3ccnc3C2)c1F. The van der Waals surface area contributed by atoms with Crippen molar-refractivity contribution in [1.29, 1.82) is 0 Å². The van der Waals surface area contributed by atoms with E-state index in [0.29, 0.717) is 12.1 Å². The maximum absolute atomic E-state index is 13.8. The van der Waals surface area contributed by atoms with E-state index in [2.05, 4.69) is 14.5 Å². The van der Waals surface area contributed by atoms with Gasteiger partial charge in [-0.2, -0.15) is 0 Å². The first kappa shape index (κ1) is 11.2. The first-order chi connectivity index (χ1) is 8.74. The van der Waals surface area contributed by atoms with E-state index in [1.807, 2.05) is 6.20 Å². The Labute approximate surface area is 105 Å². The third-order valence-corrected chi connectivity index (χ3v) is 3.33. The predicted octanol–water partition coefficient (Wildman–Crippen LogP) is 1.62. The van der Waals surface area contributed by atoms with Gasteiger partial charge in [0.15, 0.2) is 5.82 Å². The highest BCUT2D eigenvalue weighted by Crippen LogP contribution is 2.19. The maximum atomic E-state index is 13.8. The number of aromatic nitrogens is 2. The van der Waals surface area contributed by atoms with Gasteiger partial charge in [-0.1, -0.05) is 12.1 Å². The van der Waals surface area contributed by atoms with Crippen LogP contribution in [-0.2, 0) is 19.6 Å². The number of nitrogens with zero attached hydrogens (tertiary/aromatic N) is 3. The lowest BCUT2D eigenvalue weighted by Crippen LogP contribution is -2.33. The van der Waals surface area contributed by atoms with E-state index in [1.165, 1.54) is 0 Å². The maximum Gasteiger partial charge on any atom is 0.150 e. The summed E-state index contributed by atoms with van der Waals surface area (Å²) in [6.07, 6.45) is 3.79. The second kappa shape index (κ2) is 4.42. The van der Waals surface area contributed by atoms with Crippen LogP contribution in [0, 0.1) is 5.82 Å². The molecule has 1 aromatic heterocycles. The van der Waals surface area contributed by atoms with Crippen LogP contribution in [0.2, 0.25) is 0 Å². The molecule has 0 atom stereocenters. The summed E-state index contributed by atoms with van der Waals surface area (Å²) in [4.78, 5) is 6.47. The van der Waals surface area contributed by atoms with E-state index in [-0.39, 0.29) is 11.5 Å². The summed E-state index contributed by atoms with van der Waals surface area (Å²) in [6, 6.07) is 5.16. The quantitative estimate of drug-likeness (QED) is 0.819. The van der Waals surface area contributed by atoms with Gasteiger partial charge in [-0.25, -0.2) is 9.37 Å². The summed E-state index contributed by atoms with van der Waals surface area (Å²) in [6.45, 7) is 3.13. The second-order valence-corrected chi connectivity index (χ2v) is 4.57. The molecule has 0 bridgehead atoms. The zero-order valence-electron chi connectivity index (χ0n) is 10.0. The van der Waals surface area contributed by atoms with E-state index >= 15 is 0 Å². The monoisotopic (exact) mass is 246 g/mol. The minimum atomic E-state index is -0.300. The minimum Gasteiger partial charge on any atom is -0.396 e. The van der Waals surface area contributed by atoms with Crippen molar-refractivity contribution in [2.24, 2.45) is 0 Å². The van der Waals surface area contributed by atoms with Crippen molar-refractivity contribution in [3.8, 4) is 0 Å². The average molecular weight is 246 g/mol. The molecule has 2 aromatic rings. The van der Waals surface area contributed by atoms with Crippen LogP contribution >= 0.6 is 0 Å². The zero-order valence-corrected chi connectivity index (χ0v) is 10.0. The van der Waals surface area contributed by atoms with Crippen LogP contribution in [0.1, 0.15) is 11.4 Å². The van der Waals surface area contributed by atoms with Gasteiger partial charge in [0.25, 0.3) is 0 Å². The molecule has 2 heterocycles. The summed E-state index contributed by atoms with van der Waals surface area (Å²) < 4.78 is 16.0. The molecule has 0 radical (unpaired) electrons. The molecule has 18 heavy (non-hydrogen) atoms. The van der Waals surface area contributed by atoms with Crippen molar-refractivity contribution < 1.29 is 4.39 Å². The molecule has 0 saturated heterocycles. The molecular formula is C13H15FN4. The number of halogens is 1. The molecule has 0 saturated carbocycles. The van der Waals surface area contributed by atoms with E-state index < -0.39 is 0 Å². The third-order valence-electron chi connectivity index (χ3n) is 3.33. The molecule has 0 unspecified atom stereocenters. The Balaban J connectivity index is 1.77. The average Bonchev–Trinajstić information content (AvgIpc) is 2.82. The zero-order chi connectivity index (χ0) is 12.5. The normalized spacial score (nSPS) is 15.6. The van der Waals surface area contributed by atoms with Gasteiger partial charge in [0.2, 0.25) is 0 Å². The van der Waals surface area contributed by atoms with E-state index in [9.17, 15) is 4.39 Å². The highest BCUT2D eigenvalue weighted by Gasteiger charge is 2.18. The number of nitrogens with two attached hydrogens (primary N) is 1. The third kappa shape index (κ3) is 1.97. The molecule has 4 nitrogen and oxygen atoms in total. The lowest BCUT2D eigenvalue weighted by Gasteiger charge is -2.27. The second-order valence-electron chi connectivity index (χ2n) is 4.57. The van der Waals surface area contributed by atoms with Gasteiger partial charge >= 0.3 is 0 Å². The van der Waals surface area contributed by atoms with E-state index in [1.54, 1.807) is 24.4 Å². The molecule has 5 heteroatoms. The van der Waals surface area contributed by atoms with Gasteiger partial charge in [-0.15, -0.1) is 0 Å². The summed E-state index contributed by atoms with van der Waals surface area (Å²) in [5.74, 6) is 0.733. The fourth-order valence-corrected chi connectivity index (χ4v) is 2.32. The molecular weight excluding hydrogens is 231 g/mol. The van der Waals surface area contributed by atoms with Crippen LogP contribution in [0.25, 0.3) is 0 Å². The smallest absolute Gasteiger partial charge is 0.150 e. The first-order valence-electron chi connectivity index (χ1n) is 5.99. The Morgan fingerprint density at radius 1 is 1.33 bits per heavy atom. The van der Waals surface area contributed by atoms with Gasteiger partial charge < -0.3 is 10.3 Å². The number of fused-ring (bicyclic) bond motifs is 1. The van der Waals surface area contributed by atoms with Gasteiger partial charge in [0.05, 0.1) is 12.2 Å². The summed E-state index contributed by atoms with van der Waals surface area (Å²) in [7, 11) is 0. The van der Waals surface area contributed by atoms with E-state index in [4.69, 9.17) is 5.73 Å². The number of nitrogen functional groups attached to an aromatic ring is 1.